The van der Waals surface area contributed by atoms with Crippen LogP contribution >= 0.6 is 11.8 Å². The number of thioether (sulfide) groups is 1. The normalized spacial score (nSPS) is 14.7. The molecular weight excluding hydrogens is 450 g/mol. The van der Waals surface area contributed by atoms with Gasteiger partial charge in [0.05, 0.1) is 22.3 Å². The summed E-state index contributed by atoms with van der Waals surface area (Å²) in [5.74, 6) is 0.459. The van der Waals surface area contributed by atoms with Gasteiger partial charge in [-0.25, -0.2) is 4.90 Å². The number of anilines is 1. The molecule has 8 nitrogen and oxygen atoms in total. The van der Waals surface area contributed by atoms with E-state index in [1.807, 2.05) is 48.5 Å². The number of carbonyl (C=O) groups is 2. The standard InChI is InChI=1S/C25H23N5O3S/c1-4-13-34-25-26-23(33)22-18-10-6-8-12-21(18)29(16(3)32)24(30(22)27-25)19-14-28(15(2)31)20-11-7-5-9-17(19)20/h5-12,14,24H,4,13H2,1-3H3/p+1/t24-/m0/s1. The van der Waals surface area contributed by atoms with Crippen LogP contribution in [0.15, 0.2) is 64.7 Å². The average molecular weight is 475 g/mol. The predicted molar refractivity (Wildman–Crippen MR) is 131 cm³/mol. The number of aromatic amines is 1. The quantitative estimate of drug-likeness (QED) is 0.359. The van der Waals surface area contributed by atoms with Crippen molar-refractivity contribution in [3.63, 3.8) is 0 Å². The molecule has 9 heteroatoms. The second-order valence-electron chi connectivity index (χ2n) is 8.17. The van der Waals surface area contributed by atoms with E-state index < -0.39 is 6.17 Å². The Balaban J connectivity index is 1.87. The van der Waals surface area contributed by atoms with Crippen molar-refractivity contribution in [2.45, 2.75) is 38.5 Å². The Bertz CT molecular complexity index is 1510. The Hall–Kier alpha value is -3.72. The van der Waals surface area contributed by atoms with Gasteiger partial charge in [0.2, 0.25) is 17.0 Å². The number of rotatable bonds is 4. The van der Waals surface area contributed by atoms with E-state index in [9.17, 15) is 14.4 Å². The van der Waals surface area contributed by atoms with E-state index in [2.05, 4.69) is 11.9 Å². The van der Waals surface area contributed by atoms with Crippen LogP contribution in [0.3, 0.4) is 0 Å². The molecule has 5 rings (SSSR count). The molecule has 4 aromatic rings. The lowest BCUT2D eigenvalue weighted by molar-refractivity contribution is -0.762. The highest BCUT2D eigenvalue weighted by atomic mass is 32.2. The summed E-state index contributed by atoms with van der Waals surface area (Å²) >= 11 is 1.46. The van der Waals surface area contributed by atoms with Gasteiger partial charge in [0, 0.05) is 36.3 Å². The van der Waals surface area contributed by atoms with Crippen LogP contribution in [0.2, 0.25) is 0 Å². The summed E-state index contributed by atoms with van der Waals surface area (Å²) in [6.07, 6.45) is 1.94. The van der Waals surface area contributed by atoms with E-state index in [4.69, 9.17) is 5.10 Å². The highest BCUT2D eigenvalue weighted by Crippen LogP contribution is 2.39. The Morgan fingerprint density at radius 1 is 1.09 bits per heavy atom. The van der Waals surface area contributed by atoms with Crippen LogP contribution in [0.25, 0.3) is 22.2 Å². The maximum atomic E-state index is 13.3. The summed E-state index contributed by atoms with van der Waals surface area (Å²) < 4.78 is 3.20. The van der Waals surface area contributed by atoms with E-state index in [0.29, 0.717) is 27.7 Å². The van der Waals surface area contributed by atoms with Crippen molar-refractivity contribution in [2.75, 3.05) is 10.7 Å². The first-order valence-electron chi connectivity index (χ1n) is 11.1. The number of H-pyrrole nitrogens is 1. The minimum atomic E-state index is -0.740. The molecule has 0 unspecified atom stereocenters. The number of hydrogen-bond donors (Lipinski definition) is 1. The van der Waals surface area contributed by atoms with Gasteiger partial charge >= 0.3 is 11.3 Å². The van der Waals surface area contributed by atoms with Crippen molar-refractivity contribution in [3.05, 3.63) is 70.6 Å². The Labute approximate surface area is 200 Å². The molecule has 34 heavy (non-hydrogen) atoms. The summed E-state index contributed by atoms with van der Waals surface area (Å²) in [5.41, 5.74) is 2.81. The van der Waals surface area contributed by atoms with E-state index in [0.717, 1.165) is 23.1 Å². The zero-order valence-electron chi connectivity index (χ0n) is 19.1. The van der Waals surface area contributed by atoms with Gasteiger partial charge < -0.3 is 0 Å². The molecule has 0 bridgehead atoms. The van der Waals surface area contributed by atoms with Crippen molar-refractivity contribution in [1.29, 1.82) is 0 Å². The number of para-hydroxylation sites is 2. The molecule has 1 atom stereocenters. The number of amides is 1. The highest BCUT2D eigenvalue weighted by Gasteiger charge is 2.46. The Morgan fingerprint density at radius 3 is 2.56 bits per heavy atom. The average Bonchev–Trinajstić information content (AvgIpc) is 3.21. The molecule has 2 aromatic heterocycles. The third-order valence-electron chi connectivity index (χ3n) is 5.90. The predicted octanol–water partition coefficient (Wildman–Crippen LogP) is 3.75. The van der Waals surface area contributed by atoms with Crippen LogP contribution < -0.4 is 15.1 Å². The van der Waals surface area contributed by atoms with Gasteiger partial charge in [0.15, 0.2) is 0 Å². The Kier molecular flexibility index (Phi) is 5.57. The summed E-state index contributed by atoms with van der Waals surface area (Å²) in [4.78, 5) is 43.4. The number of benzene rings is 2. The molecule has 0 aliphatic carbocycles. The Morgan fingerprint density at radius 2 is 1.82 bits per heavy atom. The number of nitrogens with one attached hydrogen (secondary N) is 1. The second kappa shape index (κ2) is 8.57. The molecule has 1 amide bonds. The third-order valence-corrected chi connectivity index (χ3v) is 6.97. The molecule has 1 aliphatic rings. The van der Waals surface area contributed by atoms with E-state index in [1.165, 1.54) is 25.6 Å². The third kappa shape index (κ3) is 3.43. The molecular formula is C25H24N5O3S+. The fourth-order valence-corrected chi connectivity index (χ4v) is 5.24. The zero-order valence-corrected chi connectivity index (χ0v) is 19.9. The zero-order chi connectivity index (χ0) is 24.0. The smallest absolute Gasteiger partial charge is 0.291 e. The molecule has 3 heterocycles. The van der Waals surface area contributed by atoms with Crippen LogP contribution in [-0.2, 0) is 4.79 Å². The lowest BCUT2D eigenvalue weighted by Gasteiger charge is -2.31. The van der Waals surface area contributed by atoms with Gasteiger partial charge in [0.1, 0.15) is 0 Å². The number of nitrogens with zero attached hydrogens (tertiary/aromatic N) is 4. The van der Waals surface area contributed by atoms with Crippen molar-refractivity contribution < 1.29 is 14.3 Å². The van der Waals surface area contributed by atoms with Crippen LogP contribution in [0.1, 0.15) is 43.7 Å². The number of carbonyl (C=O) groups excluding carboxylic acids is 2. The van der Waals surface area contributed by atoms with E-state index in [-0.39, 0.29) is 17.4 Å². The molecule has 172 valence electrons. The molecule has 0 saturated heterocycles. The first-order chi connectivity index (χ1) is 16.4. The second-order valence-corrected chi connectivity index (χ2v) is 9.25. The number of aromatic nitrogens is 4. The summed E-state index contributed by atoms with van der Waals surface area (Å²) in [5, 5.41) is 6.10. The molecule has 1 N–H and O–H groups in total. The van der Waals surface area contributed by atoms with Crippen LogP contribution in [-0.4, -0.2) is 32.2 Å². The molecule has 0 spiro atoms. The summed E-state index contributed by atoms with van der Waals surface area (Å²) in [7, 11) is 0. The fraction of sp³-hybridized carbons (Fsp3) is 0.240. The topological polar surface area (TPSA) is 91.9 Å². The number of fused-ring (bicyclic) bond motifs is 4. The van der Waals surface area contributed by atoms with E-state index >= 15 is 0 Å². The molecule has 0 radical (unpaired) electrons. The van der Waals surface area contributed by atoms with Crippen LogP contribution in [0.4, 0.5) is 5.69 Å². The molecule has 2 aromatic carbocycles. The van der Waals surface area contributed by atoms with E-state index in [1.54, 1.807) is 20.3 Å². The van der Waals surface area contributed by atoms with Gasteiger partial charge in [-0.1, -0.05) is 49.0 Å². The van der Waals surface area contributed by atoms with Crippen molar-refractivity contribution in [3.8, 4) is 11.3 Å². The van der Waals surface area contributed by atoms with Crippen molar-refractivity contribution >= 4 is 40.2 Å². The largest absolute Gasteiger partial charge is 0.325 e. The first kappa shape index (κ1) is 22.1. The van der Waals surface area contributed by atoms with Gasteiger partial charge in [-0.15, -0.1) is 0 Å². The SMILES string of the molecule is CCCSc1n[n+]2c(c(=O)[nH]1)-c1ccccc1N(C(C)=O)[C@@H]2c1cn(C(C)=O)c2ccccc12. The highest BCUT2D eigenvalue weighted by molar-refractivity contribution is 7.99. The summed E-state index contributed by atoms with van der Waals surface area (Å²) in [6.45, 7) is 5.06. The fourth-order valence-electron chi connectivity index (χ4n) is 4.53. The number of hydrogen-bond acceptors (Lipinski definition) is 5. The minimum absolute atomic E-state index is 0.142. The van der Waals surface area contributed by atoms with Crippen molar-refractivity contribution in [1.82, 2.24) is 14.6 Å². The molecule has 0 saturated carbocycles. The lowest BCUT2D eigenvalue weighted by atomic mass is 10.0. The summed E-state index contributed by atoms with van der Waals surface area (Å²) in [6, 6.07) is 14.9. The van der Waals surface area contributed by atoms with Crippen molar-refractivity contribution in [2.24, 2.45) is 0 Å². The maximum Gasteiger partial charge on any atom is 0.325 e. The van der Waals surface area contributed by atoms with Gasteiger partial charge in [0.25, 0.3) is 6.17 Å². The van der Waals surface area contributed by atoms with Gasteiger partial charge in [-0.05, 0) is 29.3 Å². The lowest BCUT2D eigenvalue weighted by Crippen LogP contribution is -2.60. The minimum Gasteiger partial charge on any atom is -0.291 e. The monoisotopic (exact) mass is 474 g/mol. The maximum absolute atomic E-state index is 13.3. The van der Waals surface area contributed by atoms with Gasteiger partial charge in [-0.3, -0.25) is 23.9 Å². The van der Waals surface area contributed by atoms with Gasteiger partial charge in [-0.2, -0.15) is 0 Å². The first-order valence-corrected chi connectivity index (χ1v) is 12.1. The molecule has 1 aliphatic heterocycles. The van der Waals surface area contributed by atoms with Crippen LogP contribution in [0.5, 0.6) is 0 Å². The molecule has 0 fully saturated rings. The van der Waals surface area contributed by atoms with Crippen LogP contribution in [0, 0.1) is 0 Å².